The van der Waals surface area contributed by atoms with Gasteiger partial charge in [0, 0.05) is 24.6 Å². The van der Waals surface area contributed by atoms with Gasteiger partial charge >= 0.3 is 0 Å². The number of aliphatic hydroxyl groups excluding tert-OH is 1. The first-order valence-corrected chi connectivity index (χ1v) is 4.77. The minimum Gasteiger partial charge on any atom is -0.388 e. The summed E-state index contributed by atoms with van der Waals surface area (Å²) >= 11 is 0. The maximum absolute atomic E-state index is 11.4. The second-order valence-corrected chi connectivity index (χ2v) is 3.25. The third-order valence-electron chi connectivity index (χ3n) is 2.24. The highest BCUT2D eigenvalue weighted by Crippen LogP contribution is 2.13. The van der Waals surface area contributed by atoms with Crippen molar-refractivity contribution in [3.05, 3.63) is 10.4 Å². The zero-order chi connectivity index (χ0) is 11.3. The van der Waals surface area contributed by atoms with E-state index in [1.807, 2.05) is 6.92 Å². The lowest BCUT2D eigenvalue weighted by Crippen LogP contribution is -2.31. The van der Waals surface area contributed by atoms with Gasteiger partial charge in [-0.05, 0) is 12.5 Å². The van der Waals surface area contributed by atoms with Crippen LogP contribution in [-0.2, 0) is 9.53 Å². The first-order valence-electron chi connectivity index (χ1n) is 4.77. The Morgan fingerprint density at radius 3 is 3.07 bits per heavy atom. The average molecular weight is 214 g/mol. The van der Waals surface area contributed by atoms with Gasteiger partial charge in [0.15, 0.2) is 0 Å². The number of ether oxygens (including phenoxy) is 1. The van der Waals surface area contributed by atoms with Crippen molar-refractivity contribution in [1.29, 1.82) is 0 Å². The van der Waals surface area contributed by atoms with Crippen molar-refractivity contribution < 1.29 is 14.6 Å². The van der Waals surface area contributed by atoms with Gasteiger partial charge in [-0.15, -0.1) is 0 Å². The monoisotopic (exact) mass is 214 g/mol. The van der Waals surface area contributed by atoms with Crippen molar-refractivity contribution in [3.8, 4) is 0 Å². The molecular formula is C8H14N4O3. The van der Waals surface area contributed by atoms with Gasteiger partial charge in [-0.2, -0.15) is 0 Å². The third kappa shape index (κ3) is 3.09. The van der Waals surface area contributed by atoms with E-state index >= 15 is 0 Å². The summed E-state index contributed by atoms with van der Waals surface area (Å²) in [6.45, 7) is 2.72. The predicted molar refractivity (Wildman–Crippen MR) is 52.0 cm³/mol. The van der Waals surface area contributed by atoms with E-state index < -0.39 is 6.10 Å². The summed E-state index contributed by atoms with van der Waals surface area (Å²) in [7, 11) is 0. The Hall–Kier alpha value is -1.30. The molecule has 1 rings (SSSR count). The largest absolute Gasteiger partial charge is 0.388 e. The Kier molecular flexibility index (Phi) is 4.36. The Balaban J connectivity index is 2.46. The second kappa shape index (κ2) is 5.55. The zero-order valence-corrected chi connectivity index (χ0v) is 8.54. The van der Waals surface area contributed by atoms with Crippen LogP contribution in [0.5, 0.6) is 0 Å². The number of carbonyl (C=O) groups is 1. The molecule has 1 amide bonds. The molecule has 1 fully saturated rings. The van der Waals surface area contributed by atoms with E-state index in [0.29, 0.717) is 13.2 Å². The van der Waals surface area contributed by atoms with Gasteiger partial charge in [-0.25, -0.2) is 0 Å². The van der Waals surface area contributed by atoms with Gasteiger partial charge in [0.2, 0.25) is 5.91 Å². The Bertz CT molecular complexity index is 277. The molecule has 0 unspecified atom stereocenters. The highest BCUT2D eigenvalue weighted by Gasteiger charge is 2.33. The molecule has 1 aliphatic rings. The summed E-state index contributed by atoms with van der Waals surface area (Å²) in [5.41, 5.74) is 8.06. The summed E-state index contributed by atoms with van der Waals surface area (Å²) in [5, 5.41) is 12.7. The molecule has 0 aliphatic carbocycles. The van der Waals surface area contributed by atoms with Crippen LogP contribution in [0.4, 0.5) is 0 Å². The molecule has 2 atom stereocenters. The highest BCUT2D eigenvalue weighted by molar-refractivity contribution is 5.78. The van der Waals surface area contributed by atoms with Crippen LogP contribution in [0.1, 0.15) is 6.92 Å². The third-order valence-corrected chi connectivity index (χ3v) is 2.24. The van der Waals surface area contributed by atoms with E-state index in [-0.39, 0.29) is 25.1 Å². The maximum Gasteiger partial charge on any atom is 0.228 e. The van der Waals surface area contributed by atoms with Gasteiger partial charge in [0.1, 0.15) is 12.6 Å². The van der Waals surface area contributed by atoms with E-state index in [0.717, 1.165) is 0 Å². The maximum atomic E-state index is 11.4. The zero-order valence-electron chi connectivity index (χ0n) is 8.54. The number of carbonyl (C=O) groups excluding carboxylic acids is 1. The number of nitrogens with zero attached hydrogens (tertiary/aromatic N) is 4. The summed E-state index contributed by atoms with van der Waals surface area (Å²) < 4.78 is 5.25. The molecule has 1 heterocycles. The number of likely N-dealkylation sites (tertiary alicyclic amines) is 1. The van der Waals surface area contributed by atoms with Crippen molar-refractivity contribution in [1.82, 2.24) is 4.90 Å². The molecule has 0 spiro atoms. The SMILES string of the molecule is CCO[C@H]1CN(C(=O)CN=[N+]=[N-])C[C@H]1O. The molecule has 0 aromatic heterocycles. The molecule has 1 N–H and O–H groups in total. The fourth-order valence-electron chi connectivity index (χ4n) is 1.53. The van der Waals surface area contributed by atoms with E-state index in [1.54, 1.807) is 0 Å². The minimum absolute atomic E-state index is 0.206. The van der Waals surface area contributed by atoms with Gasteiger partial charge < -0.3 is 14.7 Å². The molecule has 0 bridgehead atoms. The van der Waals surface area contributed by atoms with E-state index in [4.69, 9.17) is 10.3 Å². The molecule has 1 saturated heterocycles. The Morgan fingerprint density at radius 1 is 1.73 bits per heavy atom. The standard InChI is InChI=1S/C8H14N4O3/c1-2-15-7-5-12(4-6(7)13)8(14)3-10-11-9/h6-7,13H,2-5H2,1H3/t6-,7+/m1/s1. The number of β-amino-alcohol motifs (C(OH)–C–C–N with tert-alkyl or cyclic N) is 1. The molecule has 0 radical (unpaired) electrons. The van der Waals surface area contributed by atoms with Crippen molar-refractivity contribution in [2.75, 3.05) is 26.2 Å². The normalized spacial score (nSPS) is 25.1. The van der Waals surface area contributed by atoms with Gasteiger partial charge in [0.25, 0.3) is 0 Å². The van der Waals surface area contributed by atoms with Crippen molar-refractivity contribution in [3.63, 3.8) is 0 Å². The fourth-order valence-corrected chi connectivity index (χ4v) is 1.53. The number of rotatable bonds is 4. The van der Waals surface area contributed by atoms with Crippen LogP contribution < -0.4 is 0 Å². The topological polar surface area (TPSA) is 98.5 Å². The number of azide groups is 1. The molecule has 0 aromatic carbocycles. The number of hydrogen-bond acceptors (Lipinski definition) is 4. The van der Waals surface area contributed by atoms with E-state index in [9.17, 15) is 9.90 Å². The van der Waals surface area contributed by atoms with Crippen molar-refractivity contribution in [2.45, 2.75) is 19.1 Å². The predicted octanol–water partition coefficient (Wildman–Crippen LogP) is -0.0951. The quantitative estimate of drug-likeness (QED) is 0.402. The van der Waals surface area contributed by atoms with Gasteiger partial charge in [0.05, 0.1) is 6.10 Å². The van der Waals surface area contributed by atoms with Crippen LogP contribution in [0.15, 0.2) is 5.11 Å². The minimum atomic E-state index is -0.653. The smallest absolute Gasteiger partial charge is 0.228 e. The Labute approximate surface area is 87.3 Å². The molecule has 7 nitrogen and oxygen atoms in total. The van der Waals surface area contributed by atoms with Crippen LogP contribution in [0, 0.1) is 0 Å². The molecule has 15 heavy (non-hydrogen) atoms. The highest BCUT2D eigenvalue weighted by atomic mass is 16.5. The number of aliphatic hydroxyl groups is 1. The molecule has 0 saturated carbocycles. The van der Waals surface area contributed by atoms with Crippen LogP contribution in [0.2, 0.25) is 0 Å². The lowest BCUT2D eigenvalue weighted by Gasteiger charge is -2.14. The van der Waals surface area contributed by atoms with E-state index in [2.05, 4.69) is 10.0 Å². The lowest BCUT2D eigenvalue weighted by atomic mass is 10.3. The summed E-state index contributed by atoms with van der Waals surface area (Å²) in [4.78, 5) is 15.3. The van der Waals surface area contributed by atoms with E-state index in [1.165, 1.54) is 4.90 Å². The lowest BCUT2D eigenvalue weighted by molar-refractivity contribution is -0.129. The Morgan fingerprint density at radius 2 is 2.47 bits per heavy atom. The fraction of sp³-hybridized carbons (Fsp3) is 0.875. The number of amides is 1. The van der Waals surface area contributed by atoms with Crippen LogP contribution in [0.3, 0.4) is 0 Å². The molecule has 7 heteroatoms. The van der Waals surface area contributed by atoms with Crippen molar-refractivity contribution >= 4 is 5.91 Å². The van der Waals surface area contributed by atoms with Gasteiger partial charge in [-0.3, -0.25) is 4.79 Å². The summed E-state index contributed by atoms with van der Waals surface area (Å²) in [6, 6.07) is 0. The summed E-state index contributed by atoms with van der Waals surface area (Å²) in [6.07, 6.45) is -0.981. The van der Waals surface area contributed by atoms with Crippen LogP contribution in [0.25, 0.3) is 10.4 Å². The molecule has 0 aromatic rings. The average Bonchev–Trinajstić information content (AvgIpc) is 2.58. The van der Waals surface area contributed by atoms with Crippen LogP contribution in [-0.4, -0.2) is 54.4 Å². The first kappa shape index (κ1) is 11.8. The van der Waals surface area contributed by atoms with Gasteiger partial charge in [-0.1, -0.05) is 5.11 Å². The molecular weight excluding hydrogens is 200 g/mol. The second-order valence-electron chi connectivity index (χ2n) is 3.25. The molecule has 84 valence electrons. The first-order chi connectivity index (χ1) is 7.19. The van der Waals surface area contributed by atoms with Crippen LogP contribution >= 0.6 is 0 Å². The number of hydrogen-bond donors (Lipinski definition) is 1. The molecule has 1 aliphatic heterocycles. The van der Waals surface area contributed by atoms with Crippen molar-refractivity contribution in [2.24, 2.45) is 5.11 Å². The summed E-state index contributed by atoms with van der Waals surface area (Å²) in [5.74, 6) is -0.283.